The van der Waals surface area contributed by atoms with Crippen molar-refractivity contribution in [3.63, 3.8) is 0 Å². The molecule has 1 aliphatic rings. The molecule has 1 fully saturated rings. The summed E-state index contributed by atoms with van der Waals surface area (Å²) in [5.74, 6) is 0.659. The lowest BCUT2D eigenvalue weighted by atomic mass is 10.3. The van der Waals surface area contributed by atoms with Crippen LogP contribution in [0.15, 0.2) is 4.52 Å². The maximum absolute atomic E-state index is 12.0. The van der Waals surface area contributed by atoms with Crippen molar-refractivity contribution < 1.29 is 9.32 Å². The minimum absolute atomic E-state index is 0.0878. The number of likely N-dealkylation sites (N-methyl/N-ethyl adjacent to an activating group) is 1. The number of piperazine rings is 1. The molecule has 0 unspecified atom stereocenters. The molecule has 1 aromatic rings. The van der Waals surface area contributed by atoms with E-state index in [1.165, 1.54) is 0 Å². The fourth-order valence-corrected chi connectivity index (χ4v) is 1.73. The van der Waals surface area contributed by atoms with Gasteiger partial charge in [-0.2, -0.15) is 4.98 Å². The number of nitrogens with one attached hydrogen (secondary N) is 1. The maximum atomic E-state index is 12.0. The Bertz CT molecular complexity index is 386. The Hall–Kier alpha value is -1.63. The van der Waals surface area contributed by atoms with E-state index < -0.39 is 0 Å². The van der Waals surface area contributed by atoms with Crippen LogP contribution in [0, 0.1) is 6.92 Å². The summed E-state index contributed by atoms with van der Waals surface area (Å²) in [6, 6.07) is 0.381. The molecule has 2 rings (SSSR count). The monoisotopic (exact) mass is 239 g/mol. The highest BCUT2D eigenvalue weighted by molar-refractivity contribution is 5.80. The number of amides is 1. The van der Waals surface area contributed by atoms with E-state index in [-0.39, 0.29) is 12.5 Å². The molecular weight excluding hydrogens is 222 g/mol. The van der Waals surface area contributed by atoms with Crippen molar-refractivity contribution in [1.29, 1.82) is 0 Å². The van der Waals surface area contributed by atoms with E-state index in [0.29, 0.717) is 11.8 Å². The lowest BCUT2D eigenvalue weighted by Crippen LogP contribution is -2.49. The standard InChI is InChI=1S/C10H17N5O2/c1-8-12-10(17-13-8)14(2)7-9(16)15-5-3-11-4-6-15/h11H,3-7H2,1-2H3. The van der Waals surface area contributed by atoms with Crippen LogP contribution in [-0.4, -0.2) is 60.7 Å². The van der Waals surface area contributed by atoms with Crippen LogP contribution in [0.4, 0.5) is 6.01 Å². The first-order valence-electron chi connectivity index (χ1n) is 5.67. The molecule has 7 heteroatoms. The number of aryl methyl sites for hydroxylation is 1. The van der Waals surface area contributed by atoms with Gasteiger partial charge in [-0.3, -0.25) is 4.79 Å². The van der Waals surface area contributed by atoms with Gasteiger partial charge in [0.25, 0.3) is 0 Å². The number of rotatable bonds is 3. The van der Waals surface area contributed by atoms with Crippen LogP contribution in [0.2, 0.25) is 0 Å². The van der Waals surface area contributed by atoms with Crippen molar-refractivity contribution in [3.8, 4) is 0 Å². The average Bonchev–Trinajstić information content (AvgIpc) is 2.77. The Morgan fingerprint density at radius 3 is 2.82 bits per heavy atom. The van der Waals surface area contributed by atoms with Gasteiger partial charge in [-0.15, -0.1) is 0 Å². The fraction of sp³-hybridized carbons (Fsp3) is 0.700. The van der Waals surface area contributed by atoms with Crippen LogP contribution in [0.5, 0.6) is 0 Å². The number of anilines is 1. The second kappa shape index (κ2) is 5.13. The van der Waals surface area contributed by atoms with Gasteiger partial charge in [-0.25, -0.2) is 0 Å². The summed E-state index contributed by atoms with van der Waals surface area (Å²) >= 11 is 0. The predicted molar refractivity (Wildman–Crippen MR) is 61.8 cm³/mol. The molecule has 0 spiro atoms. The first kappa shape index (κ1) is 11.8. The van der Waals surface area contributed by atoms with Crippen LogP contribution in [0.25, 0.3) is 0 Å². The number of aromatic nitrogens is 2. The topological polar surface area (TPSA) is 74.5 Å². The van der Waals surface area contributed by atoms with Gasteiger partial charge >= 0.3 is 6.01 Å². The van der Waals surface area contributed by atoms with Crippen LogP contribution >= 0.6 is 0 Å². The third-order valence-corrected chi connectivity index (χ3v) is 2.69. The molecule has 0 aromatic carbocycles. The molecule has 0 bridgehead atoms. The van der Waals surface area contributed by atoms with E-state index in [9.17, 15) is 4.79 Å². The summed E-state index contributed by atoms with van der Waals surface area (Å²) in [7, 11) is 1.77. The number of carbonyl (C=O) groups excluding carboxylic acids is 1. The molecule has 0 saturated carbocycles. The van der Waals surface area contributed by atoms with Gasteiger partial charge in [-0.05, 0) is 6.92 Å². The minimum Gasteiger partial charge on any atom is -0.339 e. The van der Waals surface area contributed by atoms with E-state index in [2.05, 4.69) is 15.5 Å². The molecule has 94 valence electrons. The lowest BCUT2D eigenvalue weighted by molar-refractivity contribution is -0.130. The smallest absolute Gasteiger partial charge is 0.324 e. The minimum atomic E-state index is 0.0878. The van der Waals surface area contributed by atoms with E-state index in [0.717, 1.165) is 26.2 Å². The quantitative estimate of drug-likeness (QED) is 0.748. The highest BCUT2D eigenvalue weighted by atomic mass is 16.5. The predicted octanol–water partition coefficient (Wildman–Crippen LogP) is -0.754. The van der Waals surface area contributed by atoms with Gasteiger partial charge < -0.3 is 19.6 Å². The van der Waals surface area contributed by atoms with E-state index in [1.54, 1.807) is 18.9 Å². The molecule has 2 heterocycles. The van der Waals surface area contributed by atoms with Gasteiger partial charge in [0.05, 0.1) is 0 Å². The largest absolute Gasteiger partial charge is 0.339 e. The van der Waals surface area contributed by atoms with Crippen molar-refractivity contribution in [1.82, 2.24) is 20.4 Å². The van der Waals surface area contributed by atoms with Crippen LogP contribution < -0.4 is 10.2 Å². The van der Waals surface area contributed by atoms with Crippen molar-refractivity contribution in [2.75, 3.05) is 44.7 Å². The van der Waals surface area contributed by atoms with Gasteiger partial charge in [0.15, 0.2) is 5.82 Å². The number of carbonyl (C=O) groups is 1. The summed E-state index contributed by atoms with van der Waals surface area (Å²) in [6.45, 7) is 5.25. The molecule has 1 amide bonds. The first-order chi connectivity index (χ1) is 8.16. The van der Waals surface area contributed by atoms with Crippen LogP contribution in [0.1, 0.15) is 5.82 Å². The normalized spacial score (nSPS) is 16.0. The molecule has 7 nitrogen and oxygen atoms in total. The molecule has 0 atom stereocenters. The summed E-state index contributed by atoms with van der Waals surface area (Å²) in [6.07, 6.45) is 0. The van der Waals surface area contributed by atoms with Gasteiger partial charge in [0, 0.05) is 33.2 Å². The van der Waals surface area contributed by atoms with Crippen LogP contribution in [0.3, 0.4) is 0 Å². The number of nitrogens with zero attached hydrogens (tertiary/aromatic N) is 4. The average molecular weight is 239 g/mol. The first-order valence-corrected chi connectivity index (χ1v) is 5.67. The molecule has 1 saturated heterocycles. The highest BCUT2D eigenvalue weighted by Crippen LogP contribution is 2.08. The molecule has 1 aromatic heterocycles. The second-order valence-electron chi connectivity index (χ2n) is 4.11. The molecule has 0 radical (unpaired) electrons. The Kier molecular flexibility index (Phi) is 3.58. The van der Waals surface area contributed by atoms with Crippen molar-refractivity contribution in [2.45, 2.75) is 6.92 Å². The summed E-state index contributed by atoms with van der Waals surface area (Å²) < 4.78 is 5.00. The molecular formula is C10H17N5O2. The van der Waals surface area contributed by atoms with E-state index >= 15 is 0 Å². The highest BCUT2D eigenvalue weighted by Gasteiger charge is 2.19. The summed E-state index contributed by atoms with van der Waals surface area (Å²) in [5, 5.41) is 6.90. The SMILES string of the molecule is Cc1noc(N(C)CC(=O)N2CCNCC2)n1. The summed E-state index contributed by atoms with van der Waals surface area (Å²) in [5.41, 5.74) is 0. The summed E-state index contributed by atoms with van der Waals surface area (Å²) in [4.78, 5) is 19.5. The lowest BCUT2D eigenvalue weighted by Gasteiger charge is -2.28. The molecule has 1 aliphatic heterocycles. The number of hydrogen-bond acceptors (Lipinski definition) is 6. The molecule has 1 N–H and O–H groups in total. The van der Waals surface area contributed by atoms with Gasteiger partial charge in [0.1, 0.15) is 6.54 Å². The third-order valence-electron chi connectivity index (χ3n) is 2.69. The second-order valence-corrected chi connectivity index (χ2v) is 4.11. The maximum Gasteiger partial charge on any atom is 0.324 e. The Labute approximate surface area is 99.8 Å². The van der Waals surface area contributed by atoms with Gasteiger partial charge in [-0.1, -0.05) is 5.16 Å². The van der Waals surface area contributed by atoms with Crippen molar-refractivity contribution >= 4 is 11.9 Å². The van der Waals surface area contributed by atoms with E-state index in [1.807, 2.05) is 4.90 Å². The van der Waals surface area contributed by atoms with Crippen LogP contribution in [-0.2, 0) is 4.79 Å². The Balaban J connectivity index is 1.89. The zero-order valence-electron chi connectivity index (χ0n) is 10.1. The van der Waals surface area contributed by atoms with Gasteiger partial charge in [0.2, 0.25) is 5.91 Å². The zero-order valence-corrected chi connectivity index (χ0v) is 10.1. The molecule has 0 aliphatic carbocycles. The fourth-order valence-electron chi connectivity index (χ4n) is 1.73. The molecule has 17 heavy (non-hydrogen) atoms. The Morgan fingerprint density at radius 1 is 1.53 bits per heavy atom. The van der Waals surface area contributed by atoms with Crippen molar-refractivity contribution in [2.24, 2.45) is 0 Å². The zero-order chi connectivity index (χ0) is 12.3. The van der Waals surface area contributed by atoms with E-state index in [4.69, 9.17) is 4.52 Å². The third kappa shape index (κ3) is 2.94. The Morgan fingerprint density at radius 2 is 2.24 bits per heavy atom. The van der Waals surface area contributed by atoms with Crippen molar-refractivity contribution in [3.05, 3.63) is 5.82 Å². The number of hydrogen-bond donors (Lipinski definition) is 1.